The van der Waals surface area contributed by atoms with Gasteiger partial charge in [-0.1, -0.05) is 0 Å². The van der Waals surface area contributed by atoms with Crippen molar-refractivity contribution < 1.29 is 9.90 Å². The third-order valence-corrected chi connectivity index (χ3v) is 3.09. The Morgan fingerprint density at radius 1 is 1.50 bits per heavy atom. The van der Waals surface area contributed by atoms with Crippen LogP contribution >= 0.6 is 0 Å². The molecule has 1 atom stereocenters. The summed E-state index contributed by atoms with van der Waals surface area (Å²) in [5, 5.41) is 12.3. The van der Waals surface area contributed by atoms with Crippen molar-refractivity contribution in [2.75, 3.05) is 0 Å². The molecule has 4 nitrogen and oxygen atoms in total. The Labute approximate surface area is 96.3 Å². The second kappa shape index (κ2) is 4.29. The number of carbonyl (C=O) groups excluding carboxylic acids is 1. The van der Waals surface area contributed by atoms with Crippen molar-refractivity contribution in [3.05, 3.63) is 23.5 Å². The molecule has 1 unspecified atom stereocenters. The van der Waals surface area contributed by atoms with Gasteiger partial charge in [0.05, 0.1) is 11.6 Å². The molecule has 0 aliphatic carbocycles. The molecule has 0 saturated heterocycles. The summed E-state index contributed by atoms with van der Waals surface area (Å²) < 4.78 is 1.83. The average Bonchev–Trinajstić information content (AvgIpc) is 2.46. The highest BCUT2D eigenvalue weighted by molar-refractivity contribution is 5.93. The molecule has 0 aromatic carbocycles. The van der Waals surface area contributed by atoms with E-state index in [4.69, 9.17) is 0 Å². The van der Waals surface area contributed by atoms with Gasteiger partial charge in [-0.05, 0) is 39.8 Å². The monoisotopic (exact) mass is 224 g/mol. The first kappa shape index (κ1) is 12.8. The molecule has 0 bridgehead atoms. The quantitative estimate of drug-likeness (QED) is 0.811. The smallest absolute Gasteiger partial charge is 0.268 e. The number of carbonyl (C=O) groups is 1. The van der Waals surface area contributed by atoms with E-state index in [1.54, 1.807) is 26.8 Å². The third-order valence-electron chi connectivity index (χ3n) is 3.09. The SMILES string of the molecule is Cc1ccc(C(=O)NC(C)(C)C(C)O)n1C. The number of aliphatic hydroxyl groups is 1. The second-order valence-corrected chi connectivity index (χ2v) is 4.77. The molecule has 0 aliphatic heterocycles. The molecule has 0 saturated carbocycles. The van der Waals surface area contributed by atoms with Gasteiger partial charge in [-0.3, -0.25) is 4.79 Å². The molecule has 1 heterocycles. The van der Waals surface area contributed by atoms with Crippen LogP contribution in [0.5, 0.6) is 0 Å². The lowest BCUT2D eigenvalue weighted by Crippen LogP contribution is -2.51. The highest BCUT2D eigenvalue weighted by Crippen LogP contribution is 2.11. The molecule has 0 spiro atoms. The Morgan fingerprint density at radius 3 is 2.44 bits per heavy atom. The van der Waals surface area contributed by atoms with E-state index in [-0.39, 0.29) is 5.91 Å². The summed E-state index contributed by atoms with van der Waals surface area (Å²) in [7, 11) is 1.85. The number of nitrogens with one attached hydrogen (secondary N) is 1. The van der Waals surface area contributed by atoms with Crippen LogP contribution in [0, 0.1) is 6.92 Å². The Morgan fingerprint density at radius 2 is 2.06 bits per heavy atom. The first-order valence-electron chi connectivity index (χ1n) is 5.38. The van der Waals surface area contributed by atoms with Gasteiger partial charge in [-0.25, -0.2) is 0 Å². The average molecular weight is 224 g/mol. The summed E-state index contributed by atoms with van der Waals surface area (Å²) in [6.45, 7) is 7.20. The standard InChI is InChI=1S/C12H20N2O2/c1-8-6-7-10(14(8)5)11(16)13-12(3,4)9(2)15/h6-7,9,15H,1-5H3,(H,13,16). The van der Waals surface area contributed by atoms with E-state index >= 15 is 0 Å². The Bertz CT molecular complexity index is 392. The topological polar surface area (TPSA) is 54.3 Å². The van der Waals surface area contributed by atoms with Gasteiger partial charge in [0.1, 0.15) is 5.69 Å². The molecular weight excluding hydrogens is 204 g/mol. The van der Waals surface area contributed by atoms with Crippen molar-refractivity contribution in [2.24, 2.45) is 7.05 Å². The largest absolute Gasteiger partial charge is 0.391 e. The number of nitrogens with zero attached hydrogens (tertiary/aromatic N) is 1. The number of aliphatic hydroxyl groups excluding tert-OH is 1. The van der Waals surface area contributed by atoms with Crippen LogP contribution in [0.4, 0.5) is 0 Å². The van der Waals surface area contributed by atoms with E-state index in [2.05, 4.69) is 5.32 Å². The molecule has 1 aromatic rings. The van der Waals surface area contributed by atoms with Crippen molar-refractivity contribution in [1.29, 1.82) is 0 Å². The van der Waals surface area contributed by atoms with Crippen LogP contribution in [-0.4, -0.2) is 27.2 Å². The van der Waals surface area contributed by atoms with Crippen LogP contribution in [0.2, 0.25) is 0 Å². The van der Waals surface area contributed by atoms with Gasteiger partial charge in [0.25, 0.3) is 5.91 Å². The summed E-state index contributed by atoms with van der Waals surface area (Å²) in [6, 6.07) is 3.67. The van der Waals surface area contributed by atoms with Crippen LogP contribution in [0.15, 0.2) is 12.1 Å². The zero-order chi connectivity index (χ0) is 12.5. The van der Waals surface area contributed by atoms with E-state index in [1.807, 2.05) is 24.6 Å². The summed E-state index contributed by atoms with van der Waals surface area (Å²) in [5.41, 5.74) is 1.00. The van der Waals surface area contributed by atoms with Crippen molar-refractivity contribution in [1.82, 2.24) is 9.88 Å². The zero-order valence-electron chi connectivity index (χ0n) is 10.5. The number of hydrogen-bond acceptors (Lipinski definition) is 2. The molecule has 16 heavy (non-hydrogen) atoms. The molecule has 0 fully saturated rings. The maximum absolute atomic E-state index is 12.0. The molecule has 1 rings (SSSR count). The molecule has 0 radical (unpaired) electrons. The summed E-state index contributed by atoms with van der Waals surface area (Å²) in [4.78, 5) is 12.0. The molecule has 0 aliphatic rings. The van der Waals surface area contributed by atoms with Gasteiger partial charge in [0.2, 0.25) is 0 Å². The maximum Gasteiger partial charge on any atom is 0.268 e. The minimum Gasteiger partial charge on any atom is -0.391 e. The molecule has 1 amide bonds. The Hall–Kier alpha value is -1.29. The fraction of sp³-hybridized carbons (Fsp3) is 0.583. The first-order chi connectivity index (χ1) is 7.25. The lowest BCUT2D eigenvalue weighted by molar-refractivity contribution is 0.0702. The molecule has 4 heteroatoms. The minimum absolute atomic E-state index is 0.165. The molecule has 1 aromatic heterocycles. The van der Waals surface area contributed by atoms with Crippen LogP contribution in [0.25, 0.3) is 0 Å². The maximum atomic E-state index is 12.0. The van der Waals surface area contributed by atoms with E-state index < -0.39 is 11.6 Å². The second-order valence-electron chi connectivity index (χ2n) is 4.77. The number of aromatic nitrogens is 1. The van der Waals surface area contributed by atoms with Crippen molar-refractivity contribution in [2.45, 2.75) is 39.3 Å². The van der Waals surface area contributed by atoms with E-state index in [0.29, 0.717) is 5.69 Å². The van der Waals surface area contributed by atoms with Gasteiger partial charge in [0, 0.05) is 12.7 Å². The lowest BCUT2D eigenvalue weighted by atomic mass is 9.98. The van der Waals surface area contributed by atoms with Gasteiger partial charge >= 0.3 is 0 Å². The molecular formula is C12H20N2O2. The van der Waals surface area contributed by atoms with E-state index in [9.17, 15) is 9.90 Å². The van der Waals surface area contributed by atoms with Gasteiger partial charge in [-0.2, -0.15) is 0 Å². The highest BCUT2D eigenvalue weighted by atomic mass is 16.3. The van der Waals surface area contributed by atoms with Gasteiger partial charge < -0.3 is 15.0 Å². The van der Waals surface area contributed by atoms with Crippen molar-refractivity contribution in [3.63, 3.8) is 0 Å². The normalized spacial score (nSPS) is 13.6. The first-order valence-corrected chi connectivity index (χ1v) is 5.38. The number of aryl methyl sites for hydroxylation is 1. The predicted octanol–water partition coefficient (Wildman–Crippen LogP) is 1.22. The number of amides is 1. The van der Waals surface area contributed by atoms with Crippen LogP contribution in [0.3, 0.4) is 0 Å². The minimum atomic E-state index is -0.630. The third kappa shape index (κ3) is 2.44. The fourth-order valence-corrected chi connectivity index (χ4v) is 1.30. The lowest BCUT2D eigenvalue weighted by Gasteiger charge is -2.29. The molecule has 2 N–H and O–H groups in total. The van der Waals surface area contributed by atoms with Crippen LogP contribution in [-0.2, 0) is 7.05 Å². The van der Waals surface area contributed by atoms with Gasteiger partial charge in [0.15, 0.2) is 0 Å². The van der Waals surface area contributed by atoms with Crippen LogP contribution < -0.4 is 5.32 Å². The highest BCUT2D eigenvalue weighted by Gasteiger charge is 2.27. The molecule has 90 valence electrons. The van der Waals surface area contributed by atoms with E-state index in [1.165, 1.54) is 0 Å². The van der Waals surface area contributed by atoms with E-state index in [0.717, 1.165) is 5.69 Å². The number of hydrogen-bond donors (Lipinski definition) is 2. The summed E-state index contributed by atoms with van der Waals surface area (Å²) in [5.74, 6) is -0.165. The zero-order valence-corrected chi connectivity index (χ0v) is 10.5. The fourth-order valence-electron chi connectivity index (χ4n) is 1.30. The number of rotatable bonds is 3. The van der Waals surface area contributed by atoms with Crippen LogP contribution in [0.1, 0.15) is 37.0 Å². The summed E-state index contributed by atoms with van der Waals surface area (Å²) >= 11 is 0. The predicted molar refractivity (Wildman–Crippen MR) is 63.4 cm³/mol. The van der Waals surface area contributed by atoms with Crippen molar-refractivity contribution in [3.8, 4) is 0 Å². The Balaban J connectivity index is 2.85. The Kier molecular flexibility index (Phi) is 3.43. The van der Waals surface area contributed by atoms with Crippen molar-refractivity contribution >= 4 is 5.91 Å². The van der Waals surface area contributed by atoms with Gasteiger partial charge in [-0.15, -0.1) is 0 Å². The summed E-state index contributed by atoms with van der Waals surface area (Å²) in [6.07, 6.45) is -0.599.